The van der Waals surface area contributed by atoms with Gasteiger partial charge in [0.25, 0.3) is 5.91 Å². The molecule has 2 rings (SSSR count). The molecule has 0 atom stereocenters. The van der Waals surface area contributed by atoms with E-state index in [9.17, 15) is 14.4 Å². The quantitative estimate of drug-likeness (QED) is 0.848. The molecule has 1 aromatic heterocycles. The van der Waals surface area contributed by atoms with E-state index in [4.69, 9.17) is 5.11 Å². The second kappa shape index (κ2) is 7.71. The standard InChI is InChI=1S/C16H21N3O4/c1-2-6-18-14(20)11-4-8-19(9-5-11)15(21)12-3-7-17-13(10-12)16(22)23/h3,7,10-11H,2,4-6,8-9H2,1H3,(H,18,20)(H,22,23). The van der Waals surface area contributed by atoms with E-state index < -0.39 is 5.97 Å². The maximum absolute atomic E-state index is 12.4. The highest BCUT2D eigenvalue weighted by Crippen LogP contribution is 2.19. The Kier molecular flexibility index (Phi) is 5.67. The Morgan fingerprint density at radius 1 is 1.35 bits per heavy atom. The minimum atomic E-state index is -1.16. The Morgan fingerprint density at radius 3 is 2.65 bits per heavy atom. The second-order valence-corrected chi connectivity index (χ2v) is 5.59. The average molecular weight is 319 g/mol. The average Bonchev–Trinajstić information content (AvgIpc) is 2.59. The van der Waals surface area contributed by atoms with Gasteiger partial charge in [0.2, 0.25) is 5.91 Å². The molecule has 0 spiro atoms. The number of aromatic nitrogens is 1. The summed E-state index contributed by atoms with van der Waals surface area (Å²) >= 11 is 0. The minimum Gasteiger partial charge on any atom is -0.477 e. The predicted molar refractivity (Wildman–Crippen MR) is 83.1 cm³/mol. The highest BCUT2D eigenvalue weighted by Gasteiger charge is 2.27. The molecule has 0 saturated carbocycles. The monoisotopic (exact) mass is 319 g/mol. The van der Waals surface area contributed by atoms with E-state index in [0.717, 1.165) is 6.42 Å². The molecule has 2 amide bonds. The van der Waals surface area contributed by atoms with Gasteiger partial charge in [-0.3, -0.25) is 9.59 Å². The van der Waals surface area contributed by atoms with Crippen LogP contribution in [0.15, 0.2) is 18.3 Å². The number of carbonyl (C=O) groups is 3. The first-order chi connectivity index (χ1) is 11.0. The molecular formula is C16H21N3O4. The molecule has 1 aromatic rings. The topological polar surface area (TPSA) is 99.6 Å². The van der Waals surface area contributed by atoms with Crippen molar-refractivity contribution in [3.8, 4) is 0 Å². The van der Waals surface area contributed by atoms with E-state index in [1.54, 1.807) is 4.90 Å². The van der Waals surface area contributed by atoms with Gasteiger partial charge in [0.15, 0.2) is 0 Å². The van der Waals surface area contributed by atoms with Gasteiger partial charge >= 0.3 is 5.97 Å². The van der Waals surface area contributed by atoms with Crippen LogP contribution in [0.3, 0.4) is 0 Å². The number of pyridine rings is 1. The molecule has 124 valence electrons. The smallest absolute Gasteiger partial charge is 0.354 e. The summed E-state index contributed by atoms with van der Waals surface area (Å²) in [5.41, 5.74) is 0.163. The van der Waals surface area contributed by atoms with Gasteiger partial charge in [0.1, 0.15) is 5.69 Å². The maximum atomic E-state index is 12.4. The number of carboxylic acids is 1. The number of likely N-dealkylation sites (tertiary alicyclic amines) is 1. The Bertz CT molecular complexity index is 595. The van der Waals surface area contributed by atoms with Crippen LogP contribution >= 0.6 is 0 Å². The molecular weight excluding hydrogens is 298 g/mol. The zero-order chi connectivity index (χ0) is 16.8. The van der Waals surface area contributed by atoms with Crippen LogP contribution in [-0.2, 0) is 4.79 Å². The third-order valence-electron chi connectivity index (χ3n) is 3.93. The van der Waals surface area contributed by atoms with Crippen LogP contribution in [0.4, 0.5) is 0 Å². The third kappa shape index (κ3) is 4.28. The number of nitrogens with one attached hydrogen (secondary N) is 1. The molecule has 1 fully saturated rings. The van der Waals surface area contributed by atoms with Crippen molar-refractivity contribution in [3.63, 3.8) is 0 Å². The molecule has 0 bridgehead atoms. The Balaban J connectivity index is 1.94. The van der Waals surface area contributed by atoms with Crippen molar-refractivity contribution in [2.75, 3.05) is 19.6 Å². The van der Waals surface area contributed by atoms with Crippen LogP contribution in [0.25, 0.3) is 0 Å². The van der Waals surface area contributed by atoms with Gasteiger partial charge in [-0.1, -0.05) is 6.92 Å². The maximum Gasteiger partial charge on any atom is 0.354 e. The van der Waals surface area contributed by atoms with Crippen molar-refractivity contribution in [3.05, 3.63) is 29.6 Å². The fraction of sp³-hybridized carbons (Fsp3) is 0.500. The van der Waals surface area contributed by atoms with E-state index >= 15 is 0 Å². The van der Waals surface area contributed by atoms with E-state index in [0.29, 0.717) is 38.0 Å². The Morgan fingerprint density at radius 2 is 2.04 bits per heavy atom. The number of carbonyl (C=O) groups excluding carboxylic acids is 2. The molecule has 7 heteroatoms. The van der Waals surface area contributed by atoms with Crippen LogP contribution in [0.5, 0.6) is 0 Å². The van der Waals surface area contributed by atoms with E-state index in [1.807, 2.05) is 6.92 Å². The van der Waals surface area contributed by atoms with Gasteiger partial charge in [-0.25, -0.2) is 9.78 Å². The van der Waals surface area contributed by atoms with Crippen molar-refractivity contribution in [1.82, 2.24) is 15.2 Å². The normalized spacial score (nSPS) is 15.3. The summed E-state index contributed by atoms with van der Waals surface area (Å²) in [5, 5.41) is 11.8. The van der Waals surface area contributed by atoms with Crippen molar-refractivity contribution in [2.45, 2.75) is 26.2 Å². The number of piperidine rings is 1. The summed E-state index contributed by atoms with van der Waals surface area (Å²) in [5.74, 6) is -1.39. The Hall–Kier alpha value is -2.44. The van der Waals surface area contributed by atoms with Crippen LogP contribution in [-0.4, -0.2) is 52.4 Å². The van der Waals surface area contributed by atoms with Crippen molar-refractivity contribution in [1.29, 1.82) is 0 Å². The summed E-state index contributed by atoms with van der Waals surface area (Å²) in [6.45, 7) is 3.66. The van der Waals surface area contributed by atoms with E-state index in [-0.39, 0.29) is 23.4 Å². The number of hydrogen-bond donors (Lipinski definition) is 2. The van der Waals surface area contributed by atoms with E-state index in [2.05, 4.69) is 10.3 Å². The Labute approximate surface area is 134 Å². The number of aromatic carboxylic acids is 1. The van der Waals surface area contributed by atoms with Gasteiger partial charge in [0.05, 0.1) is 0 Å². The number of carboxylic acid groups (broad SMARTS) is 1. The van der Waals surface area contributed by atoms with Gasteiger partial charge in [-0.15, -0.1) is 0 Å². The number of rotatable bonds is 5. The molecule has 0 aliphatic carbocycles. The van der Waals surface area contributed by atoms with Crippen LogP contribution in [0.2, 0.25) is 0 Å². The molecule has 1 aliphatic rings. The second-order valence-electron chi connectivity index (χ2n) is 5.59. The van der Waals surface area contributed by atoms with Crippen molar-refractivity contribution in [2.24, 2.45) is 5.92 Å². The predicted octanol–water partition coefficient (Wildman–Crippen LogP) is 1.16. The summed E-state index contributed by atoms with van der Waals surface area (Å²) in [4.78, 5) is 40.7. The molecule has 0 unspecified atom stereocenters. The molecule has 2 heterocycles. The van der Waals surface area contributed by atoms with Gasteiger partial charge in [0, 0.05) is 37.3 Å². The lowest BCUT2D eigenvalue weighted by Gasteiger charge is -2.31. The molecule has 7 nitrogen and oxygen atoms in total. The van der Waals surface area contributed by atoms with Crippen molar-refractivity contribution < 1.29 is 19.5 Å². The van der Waals surface area contributed by atoms with E-state index in [1.165, 1.54) is 18.3 Å². The third-order valence-corrected chi connectivity index (χ3v) is 3.93. The minimum absolute atomic E-state index is 0.0519. The summed E-state index contributed by atoms with van der Waals surface area (Å²) in [6.07, 6.45) is 3.47. The first-order valence-electron chi connectivity index (χ1n) is 7.79. The highest BCUT2D eigenvalue weighted by molar-refractivity contribution is 5.96. The molecule has 0 aromatic carbocycles. The zero-order valence-corrected chi connectivity index (χ0v) is 13.1. The summed E-state index contributed by atoms with van der Waals surface area (Å²) in [7, 11) is 0. The fourth-order valence-electron chi connectivity index (χ4n) is 2.60. The van der Waals surface area contributed by atoms with Gasteiger partial charge < -0.3 is 15.3 Å². The highest BCUT2D eigenvalue weighted by atomic mass is 16.4. The SMILES string of the molecule is CCCNC(=O)C1CCN(C(=O)c2ccnc(C(=O)O)c2)CC1. The number of hydrogen-bond acceptors (Lipinski definition) is 4. The lowest BCUT2D eigenvalue weighted by molar-refractivity contribution is -0.126. The number of nitrogens with zero attached hydrogens (tertiary/aromatic N) is 2. The van der Waals surface area contributed by atoms with Gasteiger partial charge in [-0.2, -0.15) is 0 Å². The van der Waals surface area contributed by atoms with Crippen LogP contribution < -0.4 is 5.32 Å². The largest absolute Gasteiger partial charge is 0.477 e. The molecule has 23 heavy (non-hydrogen) atoms. The van der Waals surface area contributed by atoms with Crippen molar-refractivity contribution >= 4 is 17.8 Å². The van der Waals surface area contributed by atoms with Gasteiger partial charge in [-0.05, 0) is 31.4 Å². The van der Waals surface area contributed by atoms with Crippen LogP contribution in [0.1, 0.15) is 47.0 Å². The molecule has 1 aliphatic heterocycles. The first-order valence-corrected chi connectivity index (χ1v) is 7.79. The van der Waals surface area contributed by atoms with Crippen LogP contribution in [0, 0.1) is 5.92 Å². The number of amides is 2. The summed E-state index contributed by atoms with van der Waals surface area (Å²) < 4.78 is 0. The molecule has 2 N–H and O–H groups in total. The fourth-order valence-corrected chi connectivity index (χ4v) is 2.60. The zero-order valence-electron chi connectivity index (χ0n) is 13.1. The first kappa shape index (κ1) is 16.9. The lowest BCUT2D eigenvalue weighted by Crippen LogP contribution is -2.43. The lowest BCUT2D eigenvalue weighted by atomic mass is 9.95. The molecule has 1 saturated heterocycles. The summed E-state index contributed by atoms with van der Waals surface area (Å²) in [6, 6.07) is 2.79. The molecule has 0 radical (unpaired) electrons.